The van der Waals surface area contributed by atoms with Crippen molar-refractivity contribution in [3.8, 4) is 11.1 Å². The van der Waals surface area contributed by atoms with E-state index in [-0.39, 0.29) is 10.8 Å². The van der Waals surface area contributed by atoms with E-state index in [1.807, 2.05) is 0 Å². The van der Waals surface area contributed by atoms with Crippen molar-refractivity contribution in [2.75, 3.05) is 4.90 Å². The van der Waals surface area contributed by atoms with Gasteiger partial charge in [-0.25, -0.2) is 0 Å². The fourth-order valence-corrected chi connectivity index (χ4v) is 8.51. The van der Waals surface area contributed by atoms with Crippen LogP contribution in [0.15, 0.2) is 200 Å². The zero-order valence-electron chi connectivity index (χ0n) is 32.0. The Balaban J connectivity index is 1.27. The zero-order valence-corrected chi connectivity index (χ0v) is 32.0. The largest absolute Gasteiger partial charge is 0.309 e. The van der Waals surface area contributed by atoms with Gasteiger partial charge in [0.15, 0.2) is 0 Å². The molecule has 9 aromatic rings. The molecule has 0 atom stereocenters. The van der Waals surface area contributed by atoms with E-state index in [4.69, 9.17) is 0 Å². The number of hydrogen-bond donors (Lipinski definition) is 0. The van der Waals surface area contributed by atoms with Crippen LogP contribution in [-0.2, 0) is 10.8 Å². The van der Waals surface area contributed by atoms with Crippen LogP contribution in [0.5, 0.6) is 0 Å². The van der Waals surface area contributed by atoms with Crippen LogP contribution in [0, 0.1) is 0 Å². The molecule has 0 saturated heterocycles. The van der Waals surface area contributed by atoms with Crippen molar-refractivity contribution < 1.29 is 0 Å². The molecule has 0 bridgehead atoms. The summed E-state index contributed by atoms with van der Waals surface area (Å²) in [4.78, 5) is 2.48. The maximum Gasteiger partial charge on any atom is 0.0618 e. The first kappa shape index (κ1) is 34.3. The average Bonchev–Trinajstić information content (AvgIpc) is 3.24. The molecule has 55 heavy (non-hydrogen) atoms. The maximum atomic E-state index is 2.48. The summed E-state index contributed by atoms with van der Waals surface area (Å²) in [5, 5.41) is 7.40. The van der Waals surface area contributed by atoms with Crippen LogP contribution in [0.2, 0.25) is 0 Å². The Hall–Kier alpha value is -6.44. The number of hydrogen-bond acceptors (Lipinski definition) is 1. The van der Waals surface area contributed by atoms with Crippen molar-refractivity contribution in [2.24, 2.45) is 0 Å². The van der Waals surface area contributed by atoms with E-state index in [0.29, 0.717) is 0 Å². The van der Waals surface area contributed by atoms with Crippen LogP contribution in [0.25, 0.3) is 43.4 Å². The third-order valence-corrected chi connectivity index (χ3v) is 11.9. The van der Waals surface area contributed by atoms with E-state index in [9.17, 15) is 0 Å². The van der Waals surface area contributed by atoms with E-state index in [0.717, 1.165) is 11.4 Å². The molecule has 0 heterocycles. The molecular weight excluding hydrogens is 663 g/mol. The molecule has 266 valence electrons. The van der Waals surface area contributed by atoms with Gasteiger partial charge in [0.2, 0.25) is 0 Å². The molecule has 0 aliphatic heterocycles. The predicted molar refractivity (Wildman–Crippen MR) is 236 cm³/mol. The van der Waals surface area contributed by atoms with Gasteiger partial charge in [0.05, 0.1) is 5.69 Å². The Morgan fingerprint density at radius 1 is 0.327 bits per heavy atom. The maximum absolute atomic E-state index is 2.48. The van der Waals surface area contributed by atoms with Crippen molar-refractivity contribution in [3.05, 3.63) is 222 Å². The van der Waals surface area contributed by atoms with Gasteiger partial charge in [-0.05, 0) is 85.3 Å². The monoisotopic (exact) mass is 707 g/mol. The van der Waals surface area contributed by atoms with Gasteiger partial charge in [-0.1, -0.05) is 198 Å². The smallest absolute Gasteiger partial charge is 0.0618 e. The molecule has 0 aliphatic carbocycles. The Labute approximate surface area is 325 Å². The summed E-state index contributed by atoms with van der Waals surface area (Å²) in [6.45, 7) is 9.26. The van der Waals surface area contributed by atoms with Crippen molar-refractivity contribution in [1.29, 1.82) is 0 Å². The summed E-state index contributed by atoms with van der Waals surface area (Å²) in [7, 11) is 0. The highest BCUT2D eigenvalue weighted by Gasteiger charge is 2.27. The number of anilines is 3. The van der Waals surface area contributed by atoms with Crippen LogP contribution in [0.4, 0.5) is 17.1 Å². The third-order valence-electron chi connectivity index (χ3n) is 11.9. The number of rotatable bonds is 8. The Kier molecular flexibility index (Phi) is 8.59. The summed E-state index contributed by atoms with van der Waals surface area (Å²) < 4.78 is 0. The Morgan fingerprint density at radius 2 is 0.709 bits per heavy atom. The predicted octanol–water partition coefficient (Wildman–Crippen LogP) is 14.9. The molecule has 0 fully saturated rings. The van der Waals surface area contributed by atoms with E-state index in [2.05, 4.69) is 233 Å². The fourth-order valence-electron chi connectivity index (χ4n) is 8.51. The lowest BCUT2D eigenvalue weighted by Crippen LogP contribution is -2.20. The lowest BCUT2D eigenvalue weighted by atomic mass is 9.78. The van der Waals surface area contributed by atoms with E-state index in [1.54, 1.807) is 0 Å². The van der Waals surface area contributed by atoms with Crippen LogP contribution in [0.3, 0.4) is 0 Å². The van der Waals surface area contributed by atoms with Gasteiger partial charge in [-0.2, -0.15) is 0 Å². The van der Waals surface area contributed by atoms with Gasteiger partial charge in [0.1, 0.15) is 0 Å². The van der Waals surface area contributed by atoms with E-state index >= 15 is 0 Å². The Morgan fingerprint density at radius 3 is 1.18 bits per heavy atom. The molecule has 9 aromatic carbocycles. The second-order valence-electron chi connectivity index (χ2n) is 15.8. The van der Waals surface area contributed by atoms with Crippen LogP contribution >= 0.6 is 0 Å². The van der Waals surface area contributed by atoms with Crippen LogP contribution in [-0.4, -0.2) is 0 Å². The summed E-state index contributed by atoms with van der Waals surface area (Å²) in [6, 6.07) is 73.6. The van der Waals surface area contributed by atoms with Gasteiger partial charge in [0, 0.05) is 33.0 Å². The minimum absolute atomic E-state index is 0.143. The van der Waals surface area contributed by atoms with E-state index in [1.165, 1.54) is 71.4 Å². The SMILES string of the molecule is CC(C)(c1ccccc1)c1ccc(N(c2ccc(C(C)(C)c3ccccc3)cc2)c2c3ccccc3c(-c3ccc4ccccc4c3)c3ccccc23)cc1. The zero-order chi connectivity index (χ0) is 37.6. The van der Waals surface area contributed by atoms with Crippen molar-refractivity contribution in [1.82, 2.24) is 0 Å². The quantitative estimate of drug-likeness (QED) is 0.142. The van der Waals surface area contributed by atoms with Gasteiger partial charge in [-0.15, -0.1) is 0 Å². The first-order valence-electron chi connectivity index (χ1n) is 19.4. The molecule has 1 nitrogen and oxygen atoms in total. The number of fused-ring (bicyclic) bond motifs is 3. The van der Waals surface area contributed by atoms with Crippen molar-refractivity contribution >= 4 is 49.4 Å². The number of nitrogens with zero attached hydrogens (tertiary/aromatic N) is 1. The summed E-state index contributed by atoms with van der Waals surface area (Å²) in [5.41, 5.74) is 10.8. The molecule has 0 saturated carbocycles. The molecular formula is C54H45N. The molecule has 0 radical (unpaired) electrons. The van der Waals surface area contributed by atoms with Gasteiger partial charge < -0.3 is 4.90 Å². The molecule has 0 aliphatic rings. The second-order valence-corrected chi connectivity index (χ2v) is 15.8. The highest BCUT2D eigenvalue weighted by Crippen LogP contribution is 2.49. The van der Waals surface area contributed by atoms with Gasteiger partial charge in [0.25, 0.3) is 0 Å². The molecule has 0 unspecified atom stereocenters. The summed E-state index contributed by atoms with van der Waals surface area (Å²) >= 11 is 0. The molecule has 1 heteroatoms. The fraction of sp³-hybridized carbons (Fsp3) is 0.111. The van der Waals surface area contributed by atoms with E-state index < -0.39 is 0 Å². The molecule has 0 amide bonds. The highest BCUT2D eigenvalue weighted by molar-refractivity contribution is 6.22. The normalized spacial score (nSPS) is 12.0. The Bertz CT molecular complexity index is 2620. The van der Waals surface area contributed by atoms with Crippen molar-refractivity contribution in [3.63, 3.8) is 0 Å². The summed E-state index contributed by atoms with van der Waals surface area (Å²) in [5.74, 6) is 0. The minimum Gasteiger partial charge on any atom is -0.309 e. The van der Waals surface area contributed by atoms with Crippen molar-refractivity contribution in [2.45, 2.75) is 38.5 Å². The topological polar surface area (TPSA) is 3.24 Å². The molecule has 9 rings (SSSR count). The first-order valence-corrected chi connectivity index (χ1v) is 19.4. The second kappa shape index (κ2) is 13.8. The van der Waals surface area contributed by atoms with Gasteiger partial charge in [-0.3, -0.25) is 0 Å². The third kappa shape index (κ3) is 6.07. The standard InChI is InChI=1S/C54H45N/c1-53(2,41-19-7-5-8-20-41)43-29-33-45(34-30-43)55(46-35-31-44(32-36-46)54(3,4)42-21-9-6-10-22-42)52-49-25-15-13-23-47(49)51(48-24-14-16-26-50(48)52)40-28-27-38-17-11-12-18-39(38)37-40/h5-37H,1-4H3. The van der Waals surface area contributed by atoms with Crippen LogP contribution in [0.1, 0.15) is 49.9 Å². The van der Waals surface area contributed by atoms with Crippen LogP contribution < -0.4 is 4.90 Å². The highest BCUT2D eigenvalue weighted by atomic mass is 15.1. The lowest BCUT2D eigenvalue weighted by molar-refractivity contribution is 0.641. The molecule has 0 aromatic heterocycles. The molecule has 0 spiro atoms. The summed E-state index contributed by atoms with van der Waals surface area (Å²) in [6.07, 6.45) is 0. The lowest BCUT2D eigenvalue weighted by Gasteiger charge is -2.32. The average molecular weight is 708 g/mol. The minimum atomic E-state index is -0.143. The van der Waals surface area contributed by atoms with Gasteiger partial charge >= 0.3 is 0 Å². The first-order chi connectivity index (χ1) is 26.8. The molecule has 0 N–H and O–H groups in total. The number of benzene rings is 9.